The molecule has 118 valence electrons. The van der Waals surface area contributed by atoms with E-state index in [2.05, 4.69) is 35.1 Å². The van der Waals surface area contributed by atoms with Crippen LogP contribution in [0.3, 0.4) is 0 Å². The molecule has 1 aromatic carbocycles. The Hall–Kier alpha value is -1.81. The maximum atomic E-state index is 11.7. The summed E-state index contributed by atoms with van der Waals surface area (Å²) in [6.45, 7) is 6.84. The molecular formula is C18H25N3O. The van der Waals surface area contributed by atoms with Gasteiger partial charge in [-0.15, -0.1) is 0 Å². The molecule has 1 aliphatic rings. The van der Waals surface area contributed by atoms with Gasteiger partial charge in [-0.2, -0.15) is 0 Å². The first-order valence-electron chi connectivity index (χ1n) is 8.33. The van der Waals surface area contributed by atoms with Gasteiger partial charge in [0.25, 0.3) is 5.56 Å². The molecule has 4 nitrogen and oxygen atoms in total. The van der Waals surface area contributed by atoms with E-state index >= 15 is 0 Å². The maximum Gasteiger partial charge on any atom is 0.255 e. The summed E-state index contributed by atoms with van der Waals surface area (Å²) in [5.41, 5.74) is 1.08. The molecule has 0 bridgehead atoms. The molecule has 1 aliphatic heterocycles. The smallest absolute Gasteiger partial charge is 0.255 e. The number of hydrogen-bond acceptors (Lipinski definition) is 3. The normalized spacial score (nSPS) is 19.1. The van der Waals surface area contributed by atoms with Gasteiger partial charge in [0.1, 0.15) is 0 Å². The second-order valence-corrected chi connectivity index (χ2v) is 6.20. The molecule has 1 unspecified atom stereocenters. The predicted octanol–water partition coefficient (Wildman–Crippen LogP) is 3.20. The summed E-state index contributed by atoms with van der Waals surface area (Å²) in [5, 5.41) is 5.37. The Bertz CT molecular complexity index is 690. The average molecular weight is 299 g/mol. The minimum atomic E-state index is -0.0233. The number of pyridine rings is 1. The SMILES string of the molecule is CCC(CC)N1CCC(Nc2ccc3c(=O)[nH]ccc3c2)C1. The van der Waals surface area contributed by atoms with Gasteiger partial charge >= 0.3 is 0 Å². The van der Waals surface area contributed by atoms with Crippen molar-refractivity contribution in [3.8, 4) is 0 Å². The van der Waals surface area contributed by atoms with Crippen molar-refractivity contribution < 1.29 is 0 Å². The standard InChI is InChI=1S/C18H25N3O/c1-3-16(4-2)21-10-8-15(12-21)20-14-5-6-17-13(11-14)7-9-19-18(17)22/h5-7,9,11,15-16,20H,3-4,8,10,12H2,1-2H3,(H,19,22). The molecule has 2 aromatic rings. The van der Waals surface area contributed by atoms with Crippen LogP contribution >= 0.6 is 0 Å². The third-order valence-corrected chi connectivity index (χ3v) is 4.82. The predicted molar refractivity (Wildman–Crippen MR) is 92.5 cm³/mol. The molecule has 1 aromatic heterocycles. The van der Waals surface area contributed by atoms with Gasteiger partial charge in [0.15, 0.2) is 0 Å². The van der Waals surface area contributed by atoms with Gasteiger partial charge in [0, 0.05) is 42.4 Å². The summed E-state index contributed by atoms with van der Waals surface area (Å²) in [5.74, 6) is 0. The van der Waals surface area contributed by atoms with Gasteiger partial charge in [-0.1, -0.05) is 13.8 Å². The first-order valence-corrected chi connectivity index (χ1v) is 8.33. The van der Waals surface area contributed by atoms with Crippen LogP contribution in [0, 0.1) is 0 Å². The number of hydrogen-bond donors (Lipinski definition) is 2. The van der Waals surface area contributed by atoms with E-state index in [0.717, 1.165) is 23.0 Å². The molecule has 2 heterocycles. The monoisotopic (exact) mass is 299 g/mol. The lowest BCUT2D eigenvalue weighted by atomic mass is 10.1. The van der Waals surface area contributed by atoms with Crippen LogP contribution in [0.25, 0.3) is 10.8 Å². The second kappa shape index (κ2) is 6.53. The lowest BCUT2D eigenvalue weighted by Crippen LogP contribution is -2.34. The van der Waals surface area contributed by atoms with Crippen molar-refractivity contribution in [3.05, 3.63) is 40.8 Å². The van der Waals surface area contributed by atoms with E-state index < -0.39 is 0 Å². The lowest BCUT2D eigenvalue weighted by Gasteiger charge is -2.25. The first-order chi connectivity index (χ1) is 10.7. The zero-order valence-corrected chi connectivity index (χ0v) is 13.4. The fraction of sp³-hybridized carbons (Fsp3) is 0.500. The van der Waals surface area contributed by atoms with Crippen molar-refractivity contribution in [3.63, 3.8) is 0 Å². The Kier molecular flexibility index (Phi) is 4.48. The largest absolute Gasteiger partial charge is 0.381 e. The average Bonchev–Trinajstić information content (AvgIpc) is 2.97. The van der Waals surface area contributed by atoms with Crippen LogP contribution in [0.15, 0.2) is 35.3 Å². The highest BCUT2D eigenvalue weighted by Crippen LogP contribution is 2.22. The van der Waals surface area contributed by atoms with Crippen LogP contribution in [0.1, 0.15) is 33.1 Å². The van der Waals surface area contributed by atoms with Crippen LogP contribution in [0.4, 0.5) is 5.69 Å². The van der Waals surface area contributed by atoms with Gasteiger partial charge in [-0.25, -0.2) is 0 Å². The first kappa shape index (κ1) is 15.1. The fourth-order valence-corrected chi connectivity index (χ4v) is 3.56. The maximum absolute atomic E-state index is 11.7. The summed E-state index contributed by atoms with van der Waals surface area (Å²) in [6, 6.07) is 9.15. The van der Waals surface area contributed by atoms with Gasteiger partial charge < -0.3 is 10.3 Å². The third-order valence-electron chi connectivity index (χ3n) is 4.82. The molecule has 0 aliphatic carbocycles. The minimum Gasteiger partial charge on any atom is -0.381 e. The molecule has 0 spiro atoms. The van der Waals surface area contributed by atoms with Crippen molar-refractivity contribution >= 4 is 16.5 Å². The quantitative estimate of drug-likeness (QED) is 0.891. The molecule has 2 N–H and O–H groups in total. The molecule has 3 rings (SSSR count). The number of aromatic nitrogens is 1. The highest BCUT2D eigenvalue weighted by atomic mass is 16.1. The Labute approximate surface area is 131 Å². The van der Waals surface area contributed by atoms with Crippen LogP contribution in [-0.4, -0.2) is 35.1 Å². The van der Waals surface area contributed by atoms with Gasteiger partial charge in [0.2, 0.25) is 0 Å². The lowest BCUT2D eigenvalue weighted by molar-refractivity contribution is 0.228. The number of rotatable bonds is 5. The van der Waals surface area contributed by atoms with E-state index in [1.165, 1.54) is 25.8 Å². The Morgan fingerprint density at radius 1 is 1.32 bits per heavy atom. The van der Waals surface area contributed by atoms with Crippen molar-refractivity contribution in [2.24, 2.45) is 0 Å². The fourth-order valence-electron chi connectivity index (χ4n) is 3.56. The Balaban J connectivity index is 1.70. The van der Waals surface area contributed by atoms with E-state index in [4.69, 9.17) is 0 Å². The molecule has 4 heteroatoms. The van der Waals surface area contributed by atoms with Gasteiger partial charge in [0.05, 0.1) is 0 Å². The van der Waals surface area contributed by atoms with Crippen molar-refractivity contribution in [2.45, 2.75) is 45.2 Å². The number of nitrogens with one attached hydrogen (secondary N) is 2. The van der Waals surface area contributed by atoms with Crippen molar-refractivity contribution in [1.29, 1.82) is 0 Å². The molecular weight excluding hydrogens is 274 g/mol. The van der Waals surface area contributed by atoms with Crippen LogP contribution in [0.5, 0.6) is 0 Å². The van der Waals surface area contributed by atoms with E-state index in [1.54, 1.807) is 6.20 Å². The Morgan fingerprint density at radius 3 is 2.91 bits per heavy atom. The van der Waals surface area contributed by atoms with E-state index in [1.807, 2.05) is 18.2 Å². The van der Waals surface area contributed by atoms with E-state index in [9.17, 15) is 4.79 Å². The molecule has 1 fully saturated rings. The van der Waals surface area contributed by atoms with Crippen LogP contribution < -0.4 is 10.9 Å². The van der Waals surface area contributed by atoms with Crippen molar-refractivity contribution in [2.75, 3.05) is 18.4 Å². The minimum absolute atomic E-state index is 0.0233. The van der Waals surface area contributed by atoms with E-state index in [-0.39, 0.29) is 5.56 Å². The van der Waals surface area contributed by atoms with Crippen LogP contribution in [0.2, 0.25) is 0 Å². The summed E-state index contributed by atoms with van der Waals surface area (Å²) in [4.78, 5) is 17.1. The summed E-state index contributed by atoms with van der Waals surface area (Å²) < 4.78 is 0. The van der Waals surface area contributed by atoms with Gasteiger partial charge in [-0.3, -0.25) is 9.69 Å². The number of anilines is 1. The second-order valence-electron chi connectivity index (χ2n) is 6.20. The number of H-pyrrole nitrogens is 1. The van der Waals surface area contributed by atoms with Crippen LogP contribution in [-0.2, 0) is 0 Å². The molecule has 0 amide bonds. The van der Waals surface area contributed by atoms with Gasteiger partial charge in [-0.05, 0) is 48.9 Å². The van der Waals surface area contributed by atoms with Crippen molar-refractivity contribution in [1.82, 2.24) is 9.88 Å². The highest BCUT2D eigenvalue weighted by Gasteiger charge is 2.26. The number of aromatic amines is 1. The molecule has 1 atom stereocenters. The van der Waals surface area contributed by atoms with E-state index in [0.29, 0.717) is 12.1 Å². The highest BCUT2D eigenvalue weighted by molar-refractivity contribution is 5.84. The molecule has 1 saturated heterocycles. The summed E-state index contributed by atoms with van der Waals surface area (Å²) in [7, 11) is 0. The summed E-state index contributed by atoms with van der Waals surface area (Å²) in [6.07, 6.45) is 5.34. The number of likely N-dealkylation sites (tertiary alicyclic amines) is 1. The molecule has 22 heavy (non-hydrogen) atoms. The zero-order valence-electron chi connectivity index (χ0n) is 13.4. The number of fused-ring (bicyclic) bond motifs is 1. The number of benzene rings is 1. The third kappa shape index (κ3) is 3.02. The number of nitrogens with zero attached hydrogens (tertiary/aromatic N) is 1. The zero-order chi connectivity index (χ0) is 15.5. The Morgan fingerprint density at radius 2 is 2.14 bits per heavy atom. The summed E-state index contributed by atoms with van der Waals surface area (Å²) >= 11 is 0. The molecule has 0 saturated carbocycles. The topological polar surface area (TPSA) is 48.1 Å². The molecule has 0 radical (unpaired) electrons.